The molecule has 0 bridgehead atoms. The Kier molecular flexibility index (Phi) is 3.62. The second-order valence-corrected chi connectivity index (χ2v) is 5.39. The summed E-state index contributed by atoms with van der Waals surface area (Å²) in [5.74, 6) is 5.06. The van der Waals surface area contributed by atoms with Gasteiger partial charge in [0, 0.05) is 24.7 Å². The minimum atomic E-state index is -4.53. The number of nitrogens with zero attached hydrogens (tertiary/aromatic N) is 3. The van der Waals surface area contributed by atoms with E-state index in [9.17, 15) is 13.2 Å². The molecule has 1 aromatic rings. The molecule has 2 fully saturated rings. The lowest BCUT2D eigenvalue weighted by Crippen LogP contribution is -2.34. The number of nitrogens with one attached hydrogen (secondary N) is 2. The van der Waals surface area contributed by atoms with Crippen LogP contribution in [0.2, 0.25) is 0 Å². The maximum atomic E-state index is 12.8. The zero-order valence-electron chi connectivity index (χ0n) is 11.3. The summed E-state index contributed by atoms with van der Waals surface area (Å²) < 4.78 is 38.5. The Balaban J connectivity index is 1.81. The Morgan fingerprint density at radius 2 is 2.05 bits per heavy atom. The van der Waals surface area contributed by atoms with Gasteiger partial charge in [0.1, 0.15) is 5.82 Å². The summed E-state index contributed by atoms with van der Waals surface area (Å²) in [7, 11) is 0. The lowest BCUT2D eigenvalue weighted by atomic mass is 10.1. The predicted molar refractivity (Wildman–Crippen MR) is 71.5 cm³/mol. The molecule has 4 N–H and O–H groups in total. The van der Waals surface area contributed by atoms with Gasteiger partial charge in [-0.25, -0.2) is 10.8 Å². The lowest BCUT2D eigenvalue weighted by molar-refractivity contribution is -0.141. The highest BCUT2D eigenvalue weighted by atomic mass is 19.4. The van der Waals surface area contributed by atoms with Crippen molar-refractivity contribution in [3.8, 4) is 0 Å². The van der Waals surface area contributed by atoms with Gasteiger partial charge in [-0.05, 0) is 25.8 Å². The van der Waals surface area contributed by atoms with E-state index in [0.29, 0.717) is 6.04 Å². The molecule has 0 aliphatic carbocycles. The quantitative estimate of drug-likeness (QED) is 0.579. The van der Waals surface area contributed by atoms with E-state index in [2.05, 4.69) is 25.6 Å². The second-order valence-electron chi connectivity index (χ2n) is 5.39. The van der Waals surface area contributed by atoms with Gasteiger partial charge in [-0.15, -0.1) is 0 Å². The molecule has 3 heterocycles. The van der Waals surface area contributed by atoms with Gasteiger partial charge in [-0.3, -0.25) is 10.3 Å². The number of hydrazine groups is 1. The van der Waals surface area contributed by atoms with Crippen LogP contribution in [-0.2, 0) is 6.18 Å². The van der Waals surface area contributed by atoms with Crippen molar-refractivity contribution in [1.82, 2.24) is 14.9 Å². The summed E-state index contributed by atoms with van der Waals surface area (Å²) in [5, 5.41) is 3.11. The van der Waals surface area contributed by atoms with Crippen molar-refractivity contribution in [3.05, 3.63) is 11.8 Å². The molecular formula is C12H17F3N6. The SMILES string of the molecule is NNc1nc(NC2CCN3CCCC23)cc(C(F)(F)F)n1. The summed E-state index contributed by atoms with van der Waals surface area (Å²) in [6, 6.07) is 1.43. The smallest absolute Gasteiger partial charge is 0.366 e. The molecule has 0 spiro atoms. The van der Waals surface area contributed by atoms with Crippen LogP contribution in [-0.4, -0.2) is 40.0 Å². The van der Waals surface area contributed by atoms with Crippen molar-refractivity contribution in [1.29, 1.82) is 0 Å². The number of nitrogens with two attached hydrogens (primary N) is 1. The number of anilines is 2. The van der Waals surface area contributed by atoms with Gasteiger partial charge in [-0.2, -0.15) is 18.2 Å². The van der Waals surface area contributed by atoms with Gasteiger partial charge in [0.25, 0.3) is 0 Å². The Hall–Kier alpha value is -1.61. The van der Waals surface area contributed by atoms with E-state index in [0.717, 1.165) is 38.4 Å². The predicted octanol–water partition coefficient (Wildman–Crippen LogP) is 1.43. The first-order chi connectivity index (χ1) is 9.97. The third-order valence-corrected chi connectivity index (χ3v) is 4.08. The zero-order valence-corrected chi connectivity index (χ0v) is 11.3. The molecule has 1 aromatic heterocycles. The van der Waals surface area contributed by atoms with Crippen molar-refractivity contribution >= 4 is 11.8 Å². The molecule has 3 rings (SSSR count). The molecule has 21 heavy (non-hydrogen) atoms. The summed E-state index contributed by atoms with van der Waals surface area (Å²) in [6.07, 6.45) is -1.42. The Morgan fingerprint density at radius 3 is 2.76 bits per heavy atom. The van der Waals surface area contributed by atoms with E-state index in [1.807, 2.05) is 0 Å². The Labute approximate surface area is 119 Å². The topological polar surface area (TPSA) is 79.1 Å². The van der Waals surface area contributed by atoms with Crippen molar-refractivity contribution in [2.45, 2.75) is 37.5 Å². The number of alkyl halides is 3. The molecule has 2 aliphatic rings. The third-order valence-electron chi connectivity index (χ3n) is 4.08. The highest BCUT2D eigenvalue weighted by Crippen LogP contribution is 2.32. The van der Waals surface area contributed by atoms with Crippen LogP contribution in [0.1, 0.15) is 25.0 Å². The molecule has 0 radical (unpaired) electrons. The number of hydrogen-bond donors (Lipinski definition) is 3. The van der Waals surface area contributed by atoms with E-state index < -0.39 is 11.9 Å². The highest BCUT2D eigenvalue weighted by Gasteiger charge is 2.38. The highest BCUT2D eigenvalue weighted by molar-refractivity contribution is 5.44. The first-order valence-corrected chi connectivity index (χ1v) is 6.91. The lowest BCUT2D eigenvalue weighted by Gasteiger charge is -2.22. The zero-order chi connectivity index (χ0) is 15.0. The number of nitrogen functional groups attached to an aromatic ring is 1. The molecule has 0 amide bonds. The van der Waals surface area contributed by atoms with E-state index in [4.69, 9.17) is 5.84 Å². The molecule has 9 heteroatoms. The van der Waals surface area contributed by atoms with E-state index in [-0.39, 0.29) is 17.8 Å². The van der Waals surface area contributed by atoms with Crippen LogP contribution in [0.15, 0.2) is 6.07 Å². The van der Waals surface area contributed by atoms with Gasteiger partial charge in [0.15, 0.2) is 5.69 Å². The summed E-state index contributed by atoms with van der Waals surface area (Å²) in [4.78, 5) is 9.67. The Morgan fingerprint density at radius 1 is 1.24 bits per heavy atom. The third kappa shape index (κ3) is 2.88. The molecule has 116 valence electrons. The molecule has 6 nitrogen and oxygen atoms in total. The minimum Gasteiger partial charge on any atom is -0.366 e. The van der Waals surface area contributed by atoms with E-state index in [1.54, 1.807) is 0 Å². The van der Waals surface area contributed by atoms with E-state index >= 15 is 0 Å². The van der Waals surface area contributed by atoms with Crippen LogP contribution < -0.4 is 16.6 Å². The molecule has 2 saturated heterocycles. The minimum absolute atomic E-state index is 0.120. The first kappa shape index (κ1) is 14.3. The molecular weight excluding hydrogens is 285 g/mol. The van der Waals surface area contributed by atoms with Gasteiger partial charge >= 0.3 is 6.18 Å². The maximum Gasteiger partial charge on any atom is 0.433 e. The van der Waals surface area contributed by atoms with Crippen LogP contribution in [0, 0.1) is 0 Å². The van der Waals surface area contributed by atoms with Gasteiger partial charge in [0.2, 0.25) is 5.95 Å². The molecule has 2 atom stereocenters. The van der Waals surface area contributed by atoms with Gasteiger partial charge in [-0.1, -0.05) is 0 Å². The monoisotopic (exact) mass is 302 g/mol. The fourth-order valence-corrected chi connectivity index (χ4v) is 3.17. The summed E-state index contributed by atoms with van der Waals surface area (Å²) in [5.41, 5.74) is 1.07. The summed E-state index contributed by atoms with van der Waals surface area (Å²) >= 11 is 0. The van der Waals surface area contributed by atoms with Gasteiger partial charge in [0.05, 0.1) is 0 Å². The number of aromatic nitrogens is 2. The van der Waals surface area contributed by atoms with Crippen molar-refractivity contribution in [3.63, 3.8) is 0 Å². The fraction of sp³-hybridized carbons (Fsp3) is 0.667. The molecule has 2 aliphatic heterocycles. The maximum absolute atomic E-state index is 12.8. The fourth-order valence-electron chi connectivity index (χ4n) is 3.17. The van der Waals surface area contributed by atoms with E-state index in [1.165, 1.54) is 0 Å². The van der Waals surface area contributed by atoms with Crippen LogP contribution >= 0.6 is 0 Å². The van der Waals surface area contributed by atoms with Gasteiger partial charge < -0.3 is 5.32 Å². The number of fused-ring (bicyclic) bond motifs is 1. The standard InChI is InChI=1S/C12H17F3N6/c13-12(14,15)9-6-10(19-11(18-9)20-16)17-7-3-5-21-4-1-2-8(7)21/h6-8H,1-5,16H2,(H2,17,18,19,20). The van der Waals surface area contributed by atoms with Crippen molar-refractivity contribution < 1.29 is 13.2 Å². The van der Waals surface area contributed by atoms with Crippen LogP contribution in [0.4, 0.5) is 24.9 Å². The average Bonchev–Trinajstić information content (AvgIpc) is 3.02. The van der Waals surface area contributed by atoms with Crippen LogP contribution in [0.25, 0.3) is 0 Å². The first-order valence-electron chi connectivity index (χ1n) is 6.91. The van der Waals surface area contributed by atoms with Crippen LogP contribution in [0.3, 0.4) is 0 Å². The van der Waals surface area contributed by atoms with Crippen LogP contribution in [0.5, 0.6) is 0 Å². The Bertz CT molecular complexity index is 520. The molecule has 0 saturated carbocycles. The van der Waals surface area contributed by atoms with Crippen molar-refractivity contribution in [2.75, 3.05) is 23.8 Å². The van der Waals surface area contributed by atoms with Crippen molar-refractivity contribution in [2.24, 2.45) is 5.84 Å². The average molecular weight is 302 g/mol. The molecule has 0 aromatic carbocycles. The number of rotatable bonds is 3. The summed E-state index contributed by atoms with van der Waals surface area (Å²) in [6.45, 7) is 2.04. The number of halogens is 3. The second kappa shape index (κ2) is 5.30. The normalized spacial score (nSPS) is 25.9. The largest absolute Gasteiger partial charge is 0.433 e. The molecule has 2 unspecified atom stereocenters. The number of hydrogen-bond acceptors (Lipinski definition) is 6.